The van der Waals surface area contributed by atoms with E-state index in [9.17, 15) is 29.4 Å². The van der Waals surface area contributed by atoms with Crippen LogP contribution in [0.5, 0.6) is 11.5 Å². The Morgan fingerprint density at radius 2 is 1.02 bits per heavy atom. The number of phenolic OH excluding ortho intramolecular Hbond substituents is 2. The highest BCUT2D eigenvalue weighted by atomic mass is 16.5. The Hall–Kier alpha value is -4.86. The lowest BCUT2D eigenvalue weighted by molar-refractivity contribution is -0.154. The summed E-state index contributed by atoms with van der Waals surface area (Å²) < 4.78 is 10.9. The monoisotopic (exact) mass is 600 g/mol. The van der Waals surface area contributed by atoms with Gasteiger partial charge < -0.3 is 29.5 Å². The first kappa shape index (κ1) is 30.6. The number of aromatic hydroxyl groups is 2. The maximum Gasteiger partial charge on any atom is 0.329 e. The van der Waals surface area contributed by atoms with Crippen LogP contribution in [0.25, 0.3) is 0 Å². The van der Waals surface area contributed by atoms with E-state index in [2.05, 4.69) is 0 Å². The molecule has 44 heavy (non-hydrogen) atoms. The molecule has 3 aromatic rings. The van der Waals surface area contributed by atoms with Gasteiger partial charge in [0.25, 0.3) is 0 Å². The summed E-state index contributed by atoms with van der Waals surface area (Å²) in [6.07, 6.45) is 1.78. The first-order chi connectivity index (χ1) is 21.3. The van der Waals surface area contributed by atoms with Gasteiger partial charge in [0.1, 0.15) is 36.8 Å². The normalized spacial score (nSPS) is 17.8. The van der Waals surface area contributed by atoms with Crippen molar-refractivity contribution in [1.29, 1.82) is 0 Å². The molecule has 2 aliphatic rings. The molecule has 2 amide bonds. The molecule has 10 heteroatoms. The fourth-order valence-corrected chi connectivity index (χ4v) is 5.75. The average molecular weight is 601 g/mol. The minimum Gasteiger partial charge on any atom is -0.508 e. The molecule has 0 spiro atoms. The minimum atomic E-state index is -0.716. The molecule has 0 aliphatic carbocycles. The van der Waals surface area contributed by atoms with E-state index in [0.29, 0.717) is 38.8 Å². The maximum atomic E-state index is 13.2. The Labute approximate surface area is 255 Å². The van der Waals surface area contributed by atoms with Crippen molar-refractivity contribution in [2.24, 2.45) is 0 Å². The number of carbonyl (C=O) groups is 4. The molecule has 0 radical (unpaired) electrons. The molecule has 2 aliphatic heterocycles. The molecule has 2 heterocycles. The molecular formula is C34H36N2O8. The lowest BCUT2D eigenvalue weighted by atomic mass is 10.0. The number of rotatable bonds is 10. The zero-order valence-corrected chi connectivity index (χ0v) is 24.4. The van der Waals surface area contributed by atoms with Crippen LogP contribution in [0.2, 0.25) is 0 Å². The van der Waals surface area contributed by atoms with Crippen molar-refractivity contribution in [3.8, 4) is 11.5 Å². The predicted molar refractivity (Wildman–Crippen MR) is 159 cm³/mol. The third-order valence-corrected chi connectivity index (χ3v) is 8.10. The highest BCUT2D eigenvalue weighted by Crippen LogP contribution is 2.31. The van der Waals surface area contributed by atoms with Crippen LogP contribution in [-0.4, -0.2) is 68.9 Å². The Balaban J connectivity index is 1.17. The summed E-state index contributed by atoms with van der Waals surface area (Å²) >= 11 is 0. The van der Waals surface area contributed by atoms with Gasteiger partial charge in [-0.1, -0.05) is 60.7 Å². The Kier molecular flexibility index (Phi) is 9.79. The number of nitrogens with zero attached hydrogens (tertiary/aromatic N) is 2. The van der Waals surface area contributed by atoms with E-state index in [1.54, 1.807) is 0 Å². The van der Waals surface area contributed by atoms with Gasteiger partial charge in [0.2, 0.25) is 11.8 Å². The van der Waals surface area contributed by atoms with E-state index in [1.807, 2.05) is 60.7 Å². The van der Waals surface area contributed by atoms with E-state index in [1.165, 1.54) is 21.9 Å². The molecule has 0 aromatic heterocycles. The van der Waals surface area contributed by atoms with Crippen molar-refractivity contribution in [2.75, 3.05) is 13.1 Å². The molecule has 0 bridgehead atoms. The second-order valence-electron chi connectivity index (χ2n) is 11.1. The summed E-state index contributed by atoms with van der Waals surface area (Å²) in [6.45, 7) is 0.988. The highest BCUT2D eigenvalue weighted by Gasteiger charge is 2.37. The topological polar surface area (TPSA) is 134 Å². The average Bonchev–Trinajstić information content (AvgIpc) is 3.73. The van der Waals surface area contributed by atoms with Gasteiger partial charge in [-0.05, 0) is 48.9 Å². The van der Waals surface area contributed by atoms with Gasteiger partial charge in [0.15, 0.2) is 0 Å². The van der Waals surface area contributed by atoms with E-state index in [4.69, 9.17) is 9.47 Å². The number of benzene rings is 3. The van der Waals surface area contributed by atoms with Crippen molar-refractivity contribution in [3.63, 3.8) is 0 Å². The second-order valence-corrected chi connectivity index (χ2v) is 11.1. The molecule has 230 valence electrons. The molecule has 3 aromatic carbocycles. The van der Waals surface area contributed by atoms with E-state index in [-0.39, 0.29) is 60.5 Å². The SMILES string of the molecule is O=C(OCc1ccccc1)C1CCCN1C(=O)Cc1cc(O)c(CC(=O)N2CCCC2C(=O)OCc2ccccc2)cc1O. The number of amides is 2. The molecule has 10 nitrogen and oxygen atoms in total. The molecule has 2 N–H and O–H groups in total. The fraction of sp³-hybridized carbons (Fsp3) is 0.353. The van der Waals surface area contributed by atoms with Gasteiger partial charge in [-0.25, -0.2) is 9.59 Å². The molecule has 2 fully saturated rings. The lowest BCUT2D eigenvalue weighted by Gasteiger charge is -2.24. The van der Waals surface area contributed by atoms with Crippen molar-refractivity contribution in [3.05, 3.63) is 95.1 Å². The van der Waals surface area contributed by atoms with Crippen LogP contribution in [0.15, 0.2) is 72.8 Å². The van der Waals surface area contributed by atoms with Gasteiger partial charge in [-0.2, -0.15) is 0 Å². The van der Waals surface area contributed by atoms with Gasteiger partial charge >= 0.3 is 11.9 Å². The van der Waals surface area contributed by atoms with E-state index < -0.39 is 24.0 Å². The van der Waals surface area contributed by atoms with Gasteiger partial charge in [-0.15, -0.1) is 0 Å². The van der Waals surface area contributed by atoms with Crippen LogP contribution in [0.3, 0.4) is 0 Å². The Morgan fingerprint density at radius 3 is 1.41 bits per heavy atom. The quantitative estimate of drug-likeness (QED) is 0.266. The van der Waals surface area contributed by atoms with E-state index >= 15 is 0 Å². The minimum absolute atomic E-state index is 0.111. The second kappa shape index (κ2) is 14.1. The zero-order valence-electron chi connectivity index (χ0n) is 24.4. The van der Waals surface area contributed by atoms with Crippen LogP contribution in [-0.2, 0) is 54.7 Å². The highest BCUT2D eigenvalue weighted by molar-refractivity contribution is 5.88. The number of phenols is 2. The summed E-state index contributed by atoms with van der Waals surface area (Å²) in [7, 11) is 0. The third-order valence-electron chi connectivity index (χ3n) is 8.10. The molecule has 0 saturated carbocycles. The van der Waals surface area contributed by atoms with Crippen molar-refractivity contribution < 1.29 is 38.9 Å². The maximum absolute atomic E-state index is 13.2. The zero-order chi connectivity index (χ0) is 31.1. The van der Waals surface area contributed by atoms with Crippen LogP contribution in [0.1, 0.15) is 47.9 Å². The number of carbonyl (C=O) groups excluding carboxylic acids is 4. The van der Waals surface area contributed by atoms with Crippen LogP contribution in [0.4, 0.5) is 0 Å². The first-order valence-corrected chi connectivity index (χ1v) is 14.8. The predicted octanol–water partition coefficient (Wildman–Crippen LogP) is 3.65. The Morgan fingerprint density at radius 1 is 0.636 bits per heavy atom. The molecule has 2 atom stereocenters. The molecular weight excluding hydrogens is 564 g/mol. The standard InChI is InChI=1S/C34H36N2O8/c37-29-18-26(20-32(40)36-16-8-14-28(36)34(42)44-22-24-11-5-2-6-12-24)30(38)17-25(29)19-31(39)35-15-7-13-27(35)33(41)43-21-23-9-3-1-4-10-23/h1-6,9-12,17-18,27-28,37-38H,7-8,13-16,19-22H2. The largest absolute Gasteiger partial charge is 0.508 e. The molecule has 2 saturated heterocycles. The first-order valence-electron chi connectivity index (χ1n) is 14.8. The summed E-state index contributed by atoms with van der Waals surface area (Å²) in [4.78, 5) is 54.8. The fourth-order valence-electron chi connectivity index (χ4n) is 5.75. The smallest absolute Gasteiger partial charge is 0.329 e. The lowest BCUT2D eigenvalue weighted by Crippen LogP contribution is -2.42. The van der Waals surface area contributed by atoms with Gasteiger partial charge in [0.05, 0.1) is 12.8 Å². The molecule has 5 rings (SSSR count). The van der Waals surface area contributed by atoms with Crippen molar-refractivity contribution >= 4 is 23.8 Å². The van der Waals surface area contributed by atoms with Crippen molar-refractivity contribution in [1.82, 2.24) is 9.80 Å². The van der Waals surface area contributed by atoms with Gasteiger partial charge in [-0.3, -0.25) is 9.59 Å². The summed E-state index contributed by atoms with van der Waals surface area (Å²) in [5.74, 6) is -2.22. The van der Waals surface area contributed by atoms with Crippen molar-refractivity contribution in [2.45, 2.75) is 63.8 Å². The summed E-state index contributed by atoms with van der Waals surface area (Å²) in [5, 5.41) is 21.4. The number of likely N-dealkylation sites (tertiary alicyclic amines) is 2. The number of hydrogen-bond donors (Lipinski definition) is 2. The number of esters is 2. The number of hydrogen-bond acceptors (Lipinski definition) is 8. The molecule has 2 unspecified atom stereocenters. The Bertz CT molecular complexity index is 1380. The number of ether oxygens (including phenoxy) is 2. The van der Waals surface area contributed by atoms with Crippen LogP contribution in [0, 0.1) is 0 Å². The van der Waals surface area contributed by atoms with E-state index in [0.717, 1.165) is 11.1 Å². The summed E-state index contributed by atoms with van der Waals surface area (Å²) in [6, 6.07) is 19.7. The summed E-state index contributed by atoms with van der Waals surface area (Å²) in [5.41, 5.74) is 2.05. The van der Waals surface area contributed by atoms with Gasteiger partial charge in [0, 0.05) is 24.2 Å². The van der Waals surface area contributed by atoms with Crippen LogP contribution >= 0.6 is 0 Å². The third kappa shape index (κ3) is 7.37. The van der Waals surface area contributed by atoms with Crippen LogP contribution < -0.4 is 0 Å².